The van der Waals surface area contributed by atoms with Crippen molar-refractivity contribution in [3.8, 4) is 6.07 Å². The van der Waals surface area contributed by atoms with E-state index in [0.717, 1.165) is 5.56 Å². The Hall–Kier alpha value is -4.50. The van der Waals surface area contributed by atoms with Crippen LogP contribution >= 0.6 is 0 Å². The van der Waals surface area contributed by atoms with Gasteiger partial charge in [-0.05, 0) is 67.4 Å². The van der Waals surface area contributed by atoms with E-state index in [2.05, 4.69) is 5.32 Å². The number of nitrogens with zero attached hydrogens (tertiary/aromatic N) is 2. The van der Waals surface area contributed by atoms with Crippen LogP contribution in [0.3, 0.4) is 0 Å². The van der Waals surface area contributed by atoms with Crippen molar-refractivity contribution in [3.05, 3.63) is 118 Å². The number of rotatable bonds is 6. The Morgan fingerprint density at radius 2 is 1.71 bits per heavy atom. The lowest BCUT2D eigenvalue weighted by Crippen LogP contribution is -2.27. The van der Waals surface area contributed by atoms with Crippen molar-refractivity contribution in [3.63, 3.8) is 0 Å². The average Bonchev–Trinajstić information content (AvgIpc) is 3.13. The second-order valence-corrected chi connectivity index (χ2v) is 7.95. The van der Waals surface area contributed by atoms with Crippen molar-refractivity contribution in [2.75, 3.05) is 0 Å². The molecule has 1 N–H and O–H groups in total. The number of fused-ring (bicyclic) bond motifs is 1. The lowest BCUT2D eigenvalue weighted by Gasteiger charge is -2.13. The molecule has 0 fully saturated rings. The van der Waals surface area contributed by atoms with Crippen LogP contribution < -0.4 is 5.32 Å². The van der Waals surface area contributed by atoms with Crippen LogP contribution in [0, 0.1) is 24.1 Å². The van der Waals surface area contributed by atoms with Crippen molar-refractivity contribution < 1.29 is 14.0 Å². The van der Waals surface area contributed by atoms with E-state index >= 15 is 0 Å². The predicted molar refractivity (Wildman–Crippen MR) is 129 cm³/mol. The summed E-state index contributed by atoms with van der Waals surface area (Å²) in [4.78, 5) is 26.2. The molecule has 4 rings (SSSR count). The number of carbonyl (C=O) groups excluding carboxylic acids is 2. The van der Waals surface area contributed by atoms with E-state index in [1.54, 1.807) is 23.6 Å². The molecule has 2 aromatic carbocycles. The lowest BCUT2D eigenvalue weighted by atomic mass is 10.0. The van der Waals surface area contributed by atoms with Gasteiger partial charge in [-0.15, -0.1) is 0 Å². The molecule has 1 unspecified atom stereocenters. The maximum absolute atomic E-state index is 13.4. The molecule has 2 aromatic heterocycles. The highest BCUT2D eigenvalue weighted by atomic mass is 19.1. The van der Waals surface area contributed by atoms with E-state index in [1.807, 2.05) is 55.5 Å². The minimum absolute atomic E-state index is 0.0667. The zero-order valence-electron chi connectivity index (χ0n) is 18.7. The minimum Gasteiger partial charge on any atom is -0.345 e. The Morgan fingerprint density at radius 1 is 1.03 bits per heavy atom. The first kappa shape index (κ1) is 22.7. The van der Waals surface area contributed by atoms with Gasteiger partial charge in [0.05, 0.1) is 17.3 Å². The number of carbonyl (C=O) groups is 2. The van der Waals surface area contributed by atoms with Gasteiger partial charge in [0.1, 0.15) is 17.5 Å². The van der Waals surface area contributed by atoms with Crippen LogP contribution in [0.5, 0.6) is 0 Å². The Morgan fingerprint density at radius 3 is 2.38 bits per heavy atom. The largest absolute Gasteiger partial charge is 0.345 e. The van der Waals surface area contributed by atoms with Gasteiger partial charge < -0.3 is 9.72 Å². The highest BCUT2D eigenvalue weighted by Gasteiger charge is 2.22. The SMILES string of the molecule is Cc1c(/C=C(\C#N)C(=O)NC(C)c2ccccc2)c2ccccn2c1C(=O)c1ccc(F)cc1. The normalized spacial score (nSPS) is 12.2. The average molecular weight is 452 g/mol. The number of ketones is 1. The molecule has 168 valence electrons. The Bertz CT molecular complexity index is 1450. The van der Waals surface area contributed by atoms with Gasteiger partial charge in [0.25, 0.3) is 5.91 Å². The van der Waals surface area contributed by atoms with Crippen molar-refractivity contribution >= 4 is 23.3 Å². The molecule has 0 aliphatic heterocycles. The zero-order valence-corrected chi connectivity index (χ0v) is 18.7. The van der Waals surface area contributed by atoms with Gasteiger partial charge in [-0.3, -0.25) is 9.59 Å². The summed E-state index contributed by atoms with van der Waals surface area (Å²) in [6.07, 6.45) is 3.26. The molecule has 1 atom stereocenters. The summed E-state index contributed by atoms with van der Waals surface area (Å²) in [5.41, 5.74) is 3.50. The van der Waals surface area contributed by atoms with Crippen LogP contribution in [0.4, 0.5) is 4.39 Å². The monoisotopic (exact) mass is 451 g/mol. The summed E-state index contributed by atoms with van der Waals surface area (Å²) in [6.45, 7) is 3.62. The number of hydrogen-bond donors (Lipinski definition) is 1. The molecule has 0 bridgehead atoms. The fourth-order valence-corrected chi connectivity index (χ4v) is 3.95. The maximum Gasteiger partial charge on any atom is 0.262 e. The van der Waals surface area contributed by atoms with Crippen molar-refractivity contribution in [2.24, 2.45) is 0 Å². The van der Waals surface area contributed by atoms with Gasteiger partial charge in [-0.1, -0.05) is 36.4 Å². The van der Waals surface area contributed by atoms with E-state index in [1.165, 1.54) is 30.3 Å². The lowest BCUT2D eigenvalue weighted by molar-refractivity contribution is -0.117. The van der Waals surface area contributed by atoms with Crippen LogP contribution in [0.2, 0.25) is 0 Å². The number of halogens is 1. The van der Waals surface area contributed by atoms with E-state index in [9.17, 15) is 19.2 Å². The summed E-state index contributed by atoms with van der Waals surface area (Å²) in [6, 6.07) is 22.0. The first-order valence-corrected chi connectivity index (χ1v) is 10.8. The van der Waals surface area contributed by atoms with Crippen molar-refractivity contribution in [1.82, 2.24) is 9.72 Å². The number of nitrogens with one attached hydrogen (secondary N) is 1. The molecule has 2 heterocycles. The number of nitriles is 1. The van der Waals surface area contributed by atoms with Crippen LogP contribution in [0.25, 0.3) is 11.6 Å². The number of pyridine rings is 1. The first-order chi connectivity index (χ1) is 16.4. The Labute approximate surface area is 196 Å². The van der Waals surface area contributed by atoms with Gasteiger partial charge in [-0.2, -0.15) is 5.26 Å². The van der Waals surface area contributed by atoms with Gasteiger partial charge in [0.2, 0.25) is 5.78 Å². The molecule has 0 radical (unpaired) electrons. The first-order valence-electron chi connectivity index (χ1n) is 10.8. The van der Waals surface area contributed by atoms with E-state index in [0.29, 0.717) is 27.9 Å². The Balaban J connectivity index is 1.74. The molecule has 0 saturated carbocycles. The quantitative estimate of drug-likeness (QED) is 0.242. The third kappa shape index (κ3) is 4.37. The van der Waals surface area contributed by atoms with Gasteiger partial charge >= 0.3 is 0 Å². The zero-order chi connectivity index (χ0) is 24.2. The van der Waals surface area contributed by atoms with Crippen molar-refractivity contribution in [1.29, 1.82) is 5.26 Å². The van der Waals surface area contributed by atoms with E-state index < -0.39 is 11.7 Å². The van der Waals surface area contributed by atoms with Gasteiger partial charge in [0, 0.05) is 17.3 Å². The minimum atomic E-state index is -0.500. The molecule has 5 nitrogen and oxygen atoms in total. The predicted octanol–water partition coefficient (Wildman–Crippen LogP) is 5.40. The Kier molecular flexibility index (Phi) is 6.37. The van der Waals surface area contributed by atoms with Crippen LogP contribution in [-0.4, -0.2) is 16.1 Å². The fourth-order valence-electron chi connectivity index (χ4n) is 3.95. The summed E-state index contributed by atoms with van der Waals surface area (Å²) in [7, 11) is 0. The number of amides is 1. The third-order valence-corrected chi connectivity index (χ3v) is 5.76. The van der Waals surface area contributed by atoms with Crippen LogP contribution in [0.15, 0.2) is 84.6 Å². The number of benzene rings is 2. The van der Waals surface area contributed by atoms with Crippen LogP contribution in [0.1, 0.15) is 45.7 Å². The summed E-state index contributed by atoms with van der Waals surface area (Å²) in [5.74, 6) is -1.20. The molecule has 0 saturated heterocycles. The topological polar surface area (TPSA) is 74.4 Å². The molecule has 0 aliphatic rings. The summed E-state index contributed by atoms with van der Waals surface area (Å²) >= 11 is 0. The fraction of sp³-hybridized carbons (Fsp3) is 0.107. The standard InChI is InChI=1S/C28H22FN3O2/c1-18-24(16-22(17-30)28(34)31-19(2)20-8-4-3-5-9-20)25-10-6-7-15-32(25)26(18)27(33)21-11-13-23(29)14-12-21/h3-16,19H,1-2H3,(H,31,34)/b22-16+. The molecule has 34 heavy (non-hydrogen) atoms. The molecule has 1 amide bonds. The van der Waals surface area contributed by atoms with Gasteiger partial charge in [0.15, 0.2) is 0 Å². The number of hydrogen-bond acceptors (Lipinski definition) is 3. The van der Waals surface area contributed by atoms with Gasteiger partial charge in [-0.25, -0.2) is 4.39 Å². The summed E-state index contributed by atoms with van der Waals surface area (Å²) < 4.78 is 15.1. The van der Waals surface area contributed by atoms with Crippen molar-refractivity contribution in [2.45, 2.75) is 19.9 Å². The van der Waals surface area contributed by atoms with Crippen LogP contribution in [-0.2, 0) is 4.79 Å². The van der Waals surface area contributed by atoms with E-state index in [4.69, 9.17) is 0 Å². The van der Waals surface area contributed by atoms with E-state index in [-0.39, 0.29) is 17.4 Å². The third-order valence-electron chi connectivity index (χ3n) is 5.76. The molecular formula is C28H22FN3O2. The number of aromatic nitrogens is 1. The molecule has 0 aliphatic carbocycles. The second kappa shape index (κ2) is 9.55. The molecular weight excluding hydrogens is 429 g/mol. The summed E-state index contributed by atoms with van der Waals surface area (Å²) in [5, 5.41) is 12.6. The highest BCUT2D eigenvalue weighted by molar-refractivity contribution is 6.11. The smallest absolute Gasteiger partial charge is 0.262 e. The highest BCUT2D eigenvalue weighted by Crippen LogP contribution is 2.28. The molecule has 0 spiro atoms. The molecule has 6 heteroatoms. The maximum atomic E-state index is 13.4. The molecule has 4 aromatic rings. The second-order valence-electron chi connectivity index (χ2n) is 7.95.